The molecule has 1 aromatic carbocycles. The Labute approximate surface area is 95.5 Å². The summed E-state index contributed by atoms with van der Waals surface area (Å²) < 4.78 is 41.3. The second-order valence-corrected chi connectivity index (χ2v) is 3.31. The van der Waals surface area contributed by atoms with Crippen LogP contribution in [0, 0.1) is 0 Å². The molecule has 0 aliphatic rings. The fourth-order valence-corrected chi connectivity index (χ4v) is 1.03. The average molecular weight is 248 g/mol. The molecule has 0 aliphatic heterocycles. The van der Waals surface area contributed by atoms with Gasteiger partial charge in [0.1, 0.15) is 5.75 Å². The zero-order valence-corrected chi connectivity index (χ0v) is 8.90. The summed E-state index contributed by atoms with van der Waals surface area (Å²) in [6, 6.07) is 5.42. The van der Waals surface area contributed by atoms with Crippen molar-refractivity contribution in [1.82, 2.24) is 0 Å². The monoisotopic (exact) mass is 248 g/mol. The van der Waals surface area contributed by atoms with Gasteiger partial charge in [-0.1, -0.05) is 5.16 Å². The quantitative estimate of drug-likeness (QED) is 0.372. The van der Waals surface area contributed by atoms with E-state index in [1.807, 2.05) is 0 Å². The molecule has 0 aliphatic carbocycles. The Morgan fingerprint density at radius 2 is 1.88 bits per heavy atom. The van der Waals surface area contributed by atoms with Crippen LogP contribution in [0.15, 0.2) is 29.4 Å². The van der Waals surface area contributed by atoms with Crippen LogP contribution < -0.4 is 10.5 Å². The lowest BCUT2D eigenvalue weighted by atomic mass is 10.2. The minimum atomic E-state index is -4.41. The van der Waals surface area contributed by atoms with Crippen molar-refractivity contribution >= 4 is 5.84 Å². The summed E-state index contributed by atoms with van der Waals surface area (Å²) in [5, 5.41) is 11.2. The molecule has 1 unspecified atom stereocenters. The molecule has 0 heterocycles. The molecule has 1 aromatic rings. The molecule has 0 saturated carbocycles. The lowest BCUT2D eigenvalue weighted by Crippen LogP contribution is -2.31. The molecular formula is C10H11F3N2O2. The summed E-state index contributed by atoms with van der Waals surface area (Å²) in [6.45, 7) is 0.914. The molecule has 0 bridgehead atoms. The van der Waals surface area contributed by atoms with E-state index < -0.39 is 12.3 Å². The van der Waals surface area contributed by atoms with E-state index in [9.17, 15) is 13.2 Å². The van der Waals surface area contributed by atoms with E-state index in [0.29, 0.717) is 5.56 Å². The van der Waals surface area contributed by atoms with E-state index >= 15 is 0 Å². The normalized spacial score (nSPS) is 14.5. The fourth-order valence-electron chi connectivity index (χ4n) is 1.03. The van der Waals surface area contributed by atoms with E-state index in [2.05, 4.69) is 9.89 Å². The van der Waals surface area contributed by atoms with Crippen molar-refractivity contribution in [3.63, 3.8) is 0 Å². The Balaban J connectivity index is 2.76. The maximum Gasteiger partial charge on any atom is 0.425 e. The number of halogens is 3. The van der Waals surface area contributed by atoms with Gasteiger partial charge in [-0.05, 0) is 31.2 Å². The van der Waals surface area contributed by atoms with Gasteiger partial charge in [-0.2, -0.15) is 13.2 Å². The summed E-state index contributed by atoms with van der Waals surface area (Å²) in [7, 11) is 0. The highest BCUT2D eigenvalue weighted by Gasteiger charge is 2.37. The van der Waals surface area contributed by atoms with E-state index in [1.165, 1.54) is 24.3 Å². The van der Waals surface area contributed by atoms with Gasteiger partial charge >= 0.3 is 6.18 Å². The molecule has 0 aromatic heterocycles. The fraction of sp³-hybridized carbons (Fsp3) is 0.300. The van der Waals surface area contributed by atoms with Gasteiger partial charge in [0.2, 0.25) is 0 Å². The van der Waals surface area contributed by atoms with Crippen LogP contribution >= 0.6 is 0 Å². The summed E-state index contributed by atoms with van der Waals surface area (Å²) in [5.74, 6) is -0.0651. The van der Waals surface area contributed by atoms with Crippen molar-refractivity contribution in [3.8, 4) is 5.75 Å². The highest BCUT2D eigenvalue weighted by molar-refractivity contribution is 5.97. The number of nitrogens with zero attached hydrogens (tertiary/aromatic N) is 1. The highest BCUT2D eigenvalue weighted by atomic mass is 19.4. The second kappa shape index (κ2) is 4.94. The smallest absolute Gasteiger partial charge is 0.425 e. The topological polar surface area (TPSA) is 67.8 Å². The SMILES string of the molecule is CC(Oc1ccc(C(N)=NO)cc1)C(F)(F)F. The number of oxime groups is 1. The average Bonchev–Trinajstić information content (AvgIpc) is 2.27. The number of hydrogen-bond donors (Lipinski definition) is 2. The molecule has 7 heteroatoms. The molecule has 0 radical (unpaired) electrons. The van der Waals surface area contributed by atoms with Gasteiger partial charge in [0.25, 0.3) is 0 Å². The third-order valence-corrected chi connectivity index (χ3v) is 2.03. The number of alkyl halides is 3. The van der Waals surface area contributed by atoms with Crippen LogP contribution in [0.3, 0.4) is 0 Å². The van der Waals surface area contributed by atoms with Gasteiger partial charge in [-0.15, -0.1) is 0 Å². The van der Waals surface area contributed by atoms with Crippen molar-refractivity contribution in [2.75, 3.05) is 0 Å². The molecule has 3 N–H and O–H groups in total. The van der Waals surface area contributed by atoms with E-state index in [4.69, 9.17) is 10.9 Å². The molecule has 17 heavy (non-hydrogen) atoms. The summed E-state index contributed by atoms with van der Waals surface area (Å²) >= 11 is 0. The van der Waals surface area contributed by atoms with Crippen LogP contribution in [0.5, 0.6) is 5.75 Å². The molecule has 1 atom stereocenters. The molecule has 0 amide bonds. The molecule has 0 fully saturated rings. The molecular weight excluding hydrogens is 237 g/mol. The zero-order chi connectivity index (χ0) is 13.1. The van der Waals surface area contributed by atoms with Crippen molar-refractivity contribution in [3.05, 3.63) is 29.8 Å². The minimum Gasteiger partial charge on any atom is -0.481 e. The van der Waals surface area contributed by atoms with Gasteiger partial charge < -0.3 is 15.7 Å². The van der Waals surface area contributed by atoms with Gasteiger partial charge in [-0.3, -0.25) is 0 Å². The summed E-state index contributed by atoms with van der Waals surface area (Å²) in [4.78, 5) is 0. The molecule has 94 valence electrons. The predicted octanol–water partition coefficient (Wildman–Crippen LogP) is 2.11. The van der Waals surface area contributed by atoms with Crippen LogP contribution in [0.4, 0.5) is 13.2 Å². The van der Waals surface area contributed by atoms with Crippen LogP contribution in [0.25, 0.3) is 0 Å². The first-order valence-corrected chi connectivity index (χ1v) is 4.66. The minimum absolute atomic E-state index is 0.0596. The van der Waals surface area contributed by atoms with Crippen molar-refractivity contribution < 1.29 is 23.1 Å². The highest BCUT2D eigenvalue weighted by Crippen LogP contribution is 2.24. The number of ether oxygens (including phenoxy) is 1. The van der Waals surface area contributed by atoms with Crippen molar-refractivity contribution in [2.24, 2.45) is 10.9 Å². The number of hydrogen-bond acceptors (Lipinski definition) is 3. The van der Waals surface area contributed by atoms with E-state index in [0.717, 1.165) is 6.92 Å². The maximum absolute atomic E-state index is 12.2. The Kier molecular flexibility index (Phi) is 3.82. The van der Waals surface area contributed by atoms with Crippen molar-refractivity contribution in [2.45, 2.75) is 19.2 Å². The Morgan fingerprint density at radius 3 is 2.29 bits per heavy atom. The lowest BCUT2D eigenvalue weighted by molar-refractivity contribution is -0.189. The Bertz CT molecular complexity index is 401. The zero-order valence-electron chi connectivity index (χ0n) is 8.90. The summed E-state index contributed by atoms with van der Waals surface area (Å²) in [5.41, 5.74) is 5.68. The second-order valence-electron chi connectivity index (χ2n) is 3.31. The van der Waals surface area contributed by atoms with Gasteiger partial charge in [0, 0.05) is 5.56 Å². The first-order valence-electron chi connectivity index (χ1n) is 4.66. The largest absolute Gasteiger partial charge is 0.481 e. The van der Waals surface area contributed by atoms with Crippen molar-refractivity contribution in [1.29, 1.82) is 0 Å². The van der Waals surface area contributed by atoms with Crippen LogP contribution in [0.2, 0.25) is 0 Å². The number of amidine groups is 1. The molecule has 0 saturated heterocycles. The van der Waals surface area contributed by atoms with Crippen LogP contribution in [0.1, 0.15) is 12.5 Å². The standard InChI is InChI=1S/C10H11F3N2O2/c1-6(10(11,12)13)17-8-4-2-7(3-5-8)9(14)15-16/h2-6,16H,1H3,(H2,14,15). The predicted molar refractivity (Wildman–Crippen MR) is 55.1 cm³/mol. The Morgan fingerprint density at radius 1 is 1.35 bits per heavy atom. The van der Waals surface area contributed by atoms with E-state index in [1.54, 1.807) is 0 Å². The maximum atomic E-state index is 12.2. The summed E-state index contributed by atoms with van der Waals surface area (Å²) in [6.07, 6.45) is -6.30. The van der Waals surface area contributed by atoms with Gasteiger partial charge in [-0.25, -0.2) is 0 Å². The van der Waals surface area contributed by atoms with Gasteiger partial charge in [0.05, 0.1) is 0 Å². The lowest BCUT2D eigenvalue weighted by Gasteiger charge is -2.17. The first kappa shape index (κ1) is 13.1. The number of benzene rings is 1. The third kappa shape index (κ3) is 3.54. The Hall–Kier alpha value is -1.92. The molecule has 0 spiro atoms. The van der Waals surface area contributed by atoms with Gasteiger partial charge in [0.15, 0.2) is 11.9 Å². The number of rotatable bonds is 3. The van der Waals surface area contributed by atoms with Crippen LogP contribution in [-0.2, 0) is 0 Å². The molecule has 4 nitrogen and oxygen atoms in total. The van der Waals surface area contributed by atoms with E-state index in [-0.39, 0.29) is 11.6 Å². The van der Waals surface area contributed by atoms with Crippen LogP contribution in [-0.4, -0.2) is 23.3 Å². The first-order chi connectivity index (χ1) is 7.84. The number of nitrogens with two attached hydrogens (primary N) is 1. The third-order valence-electron chi connectivity index (χ3n) is 2.03. The molecule has 1 rings (SSSR count).